The van der Waals surface area contributed by atoms with Crippen LogP contribution in [0.5, 0.6) is 5.75 Å². The first-order valence-electron chi connectivity index (χ1n) is 8.51. The summed E-state index contributed by atoms with van der Waals surface area (Å²) in [5, 5.41) is 21.1. The number of likely N-dealkylation sites (tertiary alicyclic amines) is 1. The lowest BCUT2D eigenvalue weighted by atomic mass is 9.89. The summed E-state index contributed by atoms with van der Waals surface area (Å²) in [4.78, 5) is 2.29. The minimum Gasteiger partial charge on any atom is -0.490 e. The van der Waals surface area contributed by atoms with Crippen molar-refractivity contribution in [1.82, 2.24) is 4.90 Å². The molecule has 0 amide bonds. The zero-order chi connectivity index (χ0) is 16.4. The van der Waals surface area contributed by atoms with Gasteiger partial charge in [-0.2, -0.15) is 0 Å². The number of hydrogen-bond acceptors (Lipinski definition) is 4. The summed E-state index contributed by atoms with van der Waals surface area (Å²) in [7, 11) is 0. The highest BCUT2D eigenvalue weighted by atomic mass is 19.1. The van der Waals surface area contributed by atoms with Crippen LogP contribution in [0.2, 0.25) is 0 Å². The van der Waals surface area contributed by atoms with E-state index >= 15 is 0 Å². The molecule has 1 aliphatic heterocycles. The van der Waals surface area contributed by atoms with E-state index < -0.39 is 11.7 Å². The fraction of sp³-hybridized carbons (Fsp3) is 0.667. The third-order valence-corrected chi connectivity index (χ3v) is 5.25. The van der Waals surface area contributed by atoms with Crippen molar-refractivity contribution in [3.05, 3.63) is 29.6 Å². The van der Waals surface area contributed by atoms with Gasteiger partial charge in [0.15, 0.2) is 0 Å². The topological polar surface area (TPSA) is 52.9 Å². The molecule has 1 heterocycles. The monoisotopic (exact) mass is 323 g/mol. The number of hydrogen-bond donors (Lipinski definition) is 2. The molecule has 0 aromatic heterocycles. The second kappa shape index (κ2) is 6.75. The largest absolute Gasteiger partial charge is 0.490 e. The molecule has 128 valence electrons. The molecule has 4 nitrogen and oxygen atoms in total. The SMILES string of the molecule is Cc1cc(OC[C@@]2(O)CN(C3CCCC3)CC[C@@H]2O)ccc1F. The molecule has 2 atom stereocenters. The first-order valence-corrected chi connectivity index (χ1v) is 8.51. The smallest absolute Gasteiger partial charge is 0.137 e. The number of ether oxygens (including phenoxy) is 1. The van der Waals surface area contributed by atoms with Gasteiger partial charge in [0, 0.05) is 19.1 Å². The van der Waals surface area contributed by atoms with Crippen LogP contribution in [0.3, 0.4) is 0 Å². The fourth-order valence-electron chi connectivity index (χ4n) is 3.73. The Labute approximate surface area is 136 Å². The molecule has 0 bridgehead atoms. The van der Waals surface area contributed by atoms with Crippen LogP contribution in [-0.4, -0.2) is 52.6 Å². The van der Waals surface area contributed by atoms with Gasteiger partial charge in [0.25, 0.3) is 0 Å². The highest BCUT2D eigenvalue weighted by Gasteiger charge is 2.43. The minimum absolute atomic E-state index is 0.0163. The average Bonchev–Trinajstić information content (AvgIpc) is 3.06. The maximum atomic E-state index is 13.3. The van der Waals surface area contributed by atoms with Crippen molar-refractivity contribution >= 4 is 0 Å². The second-order valence-electron chi connectivity index (χ2n) is 7.02. The molecule has 1 aliphatic carbocycles. The predicted molar refractivity (Wildman–Crippen MR) is 86.0 cm³/mol. The Hall–Kier alpha value is -1.17. The van der Waals surface area contributed by atoms with Crippen molar-refractivity contribution in [3.63, 3.8) is 0 Å². The molecule has 0 unspecified atom stereocenters. The van der Waals surface area contributed by atoms with Crippen molar-refractivity contribution in [1.29, 1.82) is 0 Å². The van der Waals surface area contributed by atoms with Crippen LogP contribution in [0.4, 0.5) is 4.39 Å². The van der Waals surface area contributed by atoms with Crippen LogP contribution in [-0.2, 0) is 0 Å². The number of halogens is 1. The normalized spacial score (nSPS) is 29.8. The van der Waals surface area contributed by atoms with E-state index in [1.54, 1.807) is 19.1 Å². The maximum Gasteiger partial charge on any atom is 0.137 e. The van der Waals surface area contributed by atoms with Crippen LogP contribution < -0.4 is 4.74 Å². The van der Waals surface area contributed by atoms with Gasteiger partial charge in [0.1, 0.15) is 23.8 Å². The van der Waals surface area contributed by atoms with Crippen LogP contribution in [0.15, 0.2) is 18.2 Å². The van der Waals surface area contributed by atoms with Crippen molar-refractivity contribution in [3.8, 4) is 5.75 Å². The second-order valence-corrected chi connectivity index (χ2v) is 7.02. The summed E-state index contributed by atoms with van der Waals surface area (Å²) in [5.41, 5.74) is -0.769. The van der Waals surface area contributed by atoms with E-state index in [9.17, 15) is 14.6 Å². The molecule has 23 heavy (non-hydrogen) atoms. The van der Waals surface area contributed by atoms with Gasteiger partial charge in [-0.15, -0.1) is 0 Å². The Morgan fingerprint density at radius 3 is 2.74 bits per heavy atom. The van der Waals surface area contributed by atoms with Crippen molar-refractivity contribution in [2.24, 2.45) is 0 Å². The van der Waals surface area contributed by atoms with Gasteiger partial charge in [-0.05, 0) is 49.9 Å². The van der Waals surface area contributed by atoms with Crippen LogP contribution in [0, 0.1) is 12.7 Å². The third kappa shape index (κ3) is 3.67. The molecule has 0 spiro atoms. The molecule has 2 N–H and O–H groups in total. The molecular formula is C18H26FNO3. The molecule has 1 saturated heterocycles. The van der Waals surface area contributed by atoms with E-state index in [1.807, 2.05) is 0 Å². The number of aliphatic hydroxyl groups is 2. The van der Waals surface area contributed by atoms with Gasteiger partial charge >= 0.3 is 0 Å². The van der Waals surface area contributed by atoms with E-state index in [0.717, 1.165) is 6.54 Å². The molecule has 2 aliphatic rings. The molecule has 2 fully saturated rings. The lowest BCUT2D eigenvalue weighted by molar-refractivity contribution is -0.144. The number of β-amino-alcohol motifs (C(OH)–C–C–N with tert-alkyl or cyclic N) is 1. The summed E-state index contributed by atoms with van der Waals surface area (Å²) in [5.74, 6) is 0.240. The van der Waals surface area contributed by atoms with Gasteiger partial charge in [-0.1, -0.05) is 12.8 Å². The average molecular weight is 323 g/mol. The summed E-state index contributed by atoms with van der Waals surface area (Å²) < 4.78 is 19.0. The Kier molecular flexibility index (Phi) is 4.90. The van der Waals surface area contributed by atoms with Crippen molar-refractivity contribution in [2.45, 2.75) is 56.8 Å². The molecule has 1 aromatic rings. The van der Waals surface area contributed by atoms with Crippen LogP contribution >= 0.6 is 0 Å². The van der Waals surface area contributed by atoms with E-state index in [-0.39, 0.29) is 12.4 Å². The standard InChI is InChI=1S/C18H26FNO3/c1-13-10-15(6-7-16(13)19)23-12-18(22)11-20(9-8-17(18)21)14-4-2-3-5-14/h6-7,10,14,17,21-22H,2-5,8-9,11-12H2,1H3/t17-,18-/m0/s1. The predicted octanol–water partition coefficient (Wildman–Crippen LogP) is 2.25. The lowest BCUT2D eigenvalue weighted by Gasteiger charge is -2.44. The van der Waals surface area contributed by atoms with Crippen LogP contribution in [0.1, 0.15) is 37.7 Å². The van der Waals surface area contributed by atoms with Gasteiger partial charge in [-0.3, -0.25) is 4.90 Å². The fourth-order valence-corrected chi connectivity index (χ4v) is 3.73. The summed E-state index contributed by atoms with van der Waals surface area (Å²) >= 11 is 0. The van der Waals surface area contributed by atoms with E-state index in [1.165, 1.54) is 31.7 Å². The third-order valence-electron chi connectivity index (χ3n) is 5.25. The Morgan fingerprint density at radius 2 is 2.04 bits per heavy atom. The minimum atomic E-state index is -1.27. The lowest BCUT2D eigenvalue weighted by Crippen LogP contribution is -2.61. The first-order chi connectivity index (χ1) is 11.0. The molecule has 0 radical (unpaired) electrons. The summed E-state index contributed by atoms with van der Waals surface area (Å²) in [6, 6.07) is 5.04. The van der Waals surface area contributed by atoms with Crippen molar-refractivity contribution in [2.75, 3.05) is 19.7 Å². The molecule has 1 aromatic carbocycles. The zero-order valence-electron chi connectivity index (χ0n) is 13.7. The zero-order valence-corrected chi connectivity index (χ0v) is 13.7. The van der Waals surface area contributed by atoms with Gasteiger partial charge in [0.2, 0.25) is 0 Å². The van der Waals surface area contributed by atoms with Crippen molar-refractivity contribution < 1.29 is 19.3 Å². The number of benzene rings is 1. The Bertz CT molecular complexity index is 547. The van der Waals surface area contributed by atoms with Crippen LogP contribution in [0.25, 0.3) is 0 Å². The molecule has 1 saturated carbocycles. The summed E-state index contributed by atoms with van der Waals surface area (Å²) in [6.45, 7) is 2.94. The Morgan fingerprint density at radius 1 is 1.30 bits per heavy atom. The molecule has 3 rings (SSSR count). The highest BCUT2D eigenvalue weighted by Crippen LogP contribution is 2.30. The molecular weight excluding hydrogens is 297 g/mol. The van der Waals surface area contributed by atoms with Gasteiger partial charge < -0.3 is 14.9 Å². The van der Waals surface area contributed by atoms with E-state index in [0.29, 0.717) is 30.3 Å². The number of rotatable bonds is 4. The number of nitrogens with zero attached hydrogens (tertiary/aromatic N) is 1. The Balaban J connectivity index is 1.64. The number of aryl methyl sites for hydroxylation is 1. The van der Waals surface area contributed by atoms with E-state index in [4.69, 9.17) is 4.74 Å². The first kappa shape index (κ1) is 16.7. The number of piperidine rings is 1. The highest BCUT2D eigenvalue weighted by molar-refractivity contribution is 5.29. The maximum absolute atomic E-state index is 13.3. The van der Waals surface area contributed by atoms with E-state index in [2.05, 4.69) is 4.90 Å². The van der Waals surface area contributed by atoms with Gasteiger partial charge in [-0.25, -0.2) is 4.39 Å². The molecule has 5 heteroatoms. The summed E-state index contributed by atoms with van der Waals surface area (Å²) in [6.07, 6.45) is 4.59. The van der Waals surface area contributed by atoms with Gasteiger partial charge in [0.05, 0.1) is 6.10 Å². The quantitative estimate of drug-likeness (QED) is 0.892. The number of aliphatic hydroxyl groups excluding tert-OH is 1.